The summed E-state index contributed by atoms with van der Waals surface area (Å²) in [6.45, 7) is 7.72. The lowest BCUT2D eigenvalue weighted by molar-refractivity contribution is -0.128. The number of nitrogens with two attached hydrogens (primary N) is 1. The fourth-order valence-corrected chi connectivity index (χ4v) is 3.07. The van der Waals surface area contributed by atoms with Gasteiger partial charge in [-0.2, -0.15) is 0 Å². The standard InChI is InChI=1S/C16H24N4O2/c1-11(2)14-16(21)20(10-9-19-7-3-4-8-19)15-12(22-14)5-6-13(17)18-15/h5-6,11,14H,3-4,7-10H2,1-2H3,(H2,17,18). The Kier molecular flexibility index (Phi) is 4.20. The van der Waals surface area contributed by atoms with Crippen molar-refractivity contribution in [2.45, 2.75) is 32.8 Å². The second-order valence-corrected chi connectivity index (χ2v) is 6.38. The van der Waals surface area contributed by atoms with Crippen molar-refractivity contribution in [2.24, 2.45) is 5.92 Å². The average molecular weight is 304 g/mol. The van der Waals surface area contributed by atoms with Gasteiger partial charge < -0.3 is 15.4 Å². The molecule has 0 aromatic carbocycles. The number of aromatic nitrogens is 1. The largest absolute Gasteiger partial charge is 0.476 e. The van der Waals surface area contributed by atoms with Crippen molar-refractivity contribution < 1.29 is 9.53 Å². The van der Waals surface area contributed by atoms with Crippen LogP contribution in [0.4, 0.5) is 11.6 Å². The van der Waals surface area contributed by atoms with Crippen LogP contribution in [-0.2, 0) is 4.79 Å². The average Bonchev–Trinajstić information content (AvgIpc) is 2.99. The summed E-state index contributed by atoms with van der Waals surface area (Å²) in [5.41, 5.74) is 5.79. The van der Waals surface area contributed by atoms with Crippen LogP contribution in [-0.4, -0.2) is 48.1 Å². The number of likely N-dealkylation sites (tertiary alicyclic amines) is 1. The van der Waals surface area contributed by atoms with Crippen molar-refractivity contribution in [3.63, 3.8) is 0 Å². The molecule has 2 N–H and O–H groups in total. The highest BCUT2D eigenvalue weighted by atomic mass is 16.5. The van der Waals surface area contributed by atoms with Gasteiger partial charge in [0, 0.05) is 13.1 Å². The number of carbonyl (C=O) groups is 1. The SMILES string of the molecule is CC(C)C1Oc2ccc(N)nc2N(CCN2CCCC2)C1=O. The molecular weight excluding hydrogens is 280 g/mol. The zero-order valence-electron chi connectivity index (χ0n) is 13.3. The first-order valence-electron chi connectivity index (χ1n) is 8.03. The smallest absolute Gasteiger partial charge is 0.269 e. The number of nitrogen functional groups attached to an aromatic ring is 1. The molecule has 1 atom stereocenters. The molecule has 120 valence electrons. The monoisotopic (exact) mass is 304 g/mol. The number of anilines is 2. The van der Waals surface area contributed by atoms with Gasteiger partial charge >= 0.3 is 0 Å². The molecule has 0 bridgehead atoms. The van der Waals surface area contributed by atoms with Gasteiger partial charge in [0.15, 0.2) is 17.7 Å². The molecule has 0 saturated carbocycles. The van der Waals surface area contributed by atoms with Crippen molar-refractivity contribution in [2.75, 3.05) is 36.8 Å². The Balaban J connectivity index is 1.84. The van der Waals surface area contributed by atoms with Crippen molar-refractivity contribution in [1.29, 1.82) is 0 Å². The summed E-state index contributed by atoms with van der Waals surface area (Å²) in [7, 11) is 0. The highest BCUT2D eigenvalue weighted by Gasteiger charge is 2.37. The van der Waals surface area contributed by atoms with E-state index in [0.29, 0.717) is 23.9 Å². The lowest BCUT2D eigenvalue weighted by Crippen LogP contribution is -2.50. The molecule has 6 nitrogen and oxygen atoms in total. The molecule has 2 aliphatic heterocycles. The maximum Gasteiger partial charge on any atom is 0.269 e. The molecule has 1 aromatic heterocycles. The molecule has 1 aromatic rings. The number of ether oxygens (including phenoxy) is 1. The predicted octanol–water partition coefficient (Wildman–Crippen LogP) is 1.51. The maximum atomic E-state index is 12.7. The summed E-state index contributed by atoms with van der Waals surface area (Å²) in [6.07, 6.45) is 2.04. The molecule has 3 rings (SSSR count). The summed E-state index contributed by atoms with van der Waals surface area (Å²) in [6, 6.07) is 3.52. The van der Waals surface area contributed by atoms with Gasteiger partial charge in [-0.25, -0.2) is 4.98 Å². The van der Waals surface area contributed by atoms with E-state index in [4.69, 9.17) is 10.5 Å². The van der Waals surface area contributed by atoms with Crippen LogP contribution in [0.5, 0.6) is 5.75 Å². The first kappa shape index (κ1) is 15.1. The van der Waals surface area contributed by atoms with Crippen LogP contribution in [0.15, 0.2) is 12.1 Å². The van der Waals surface area contributed by atoms with Crippen molar-refractivity contribution in [3.05, 3.63) is 12.1 Å². The Labute approximate surface area is 131 Å². The van der Waals surface area contributed by atoms with E-state index in [-0.39, 0.29) is 11.8 Å². The van der Waals surface area contributed by atoms with E-state index >= 15 is 0 Å². The van der Waals surface area contributed by atoms with E-state index in [1.165, 1.54) is 12.8 Å². The van der Waals surface area contributed by atoms with Crippen LogP contribution >= 0.6 is 0 Å². The molecule has 1 saturated heterocycles. The van der Waals surface area contributed by atoms with Crippen LogP contribution in [0, 0.1) is 5.92 Å². The number of carbonyl (C=O) groups excluding carboxylic acids is 1. The minimum atomic E-state index is -0.448. The summed E-state index contributed by atoms with van der Waals surface area (Å²) in [5.74, 6) is 1.71. The van der Waals surface area contributed by atoms with Crippen molar-refractivity contribution in [3.8, 4) is 5.75 Å². The van der Waals surface area contributed by atoms with Gasteiger partial charge in [0.2, 0.25) is 0 Å². The fourth-order valence-electron chi connectivity index (χ4n) is 3.07. The minimum Gasteiger partial charge on any atom is -0.476 e. The second kappa shape index (κ2) is 6.12. The Morgan fingerprint density at radius 1 is 1.32 bits per heavy atom. The summed E-state index contributed by atoms with van der Waals surface area (Å²) in [4.78, 5) is 21.2. The second-order valence-electron chi connectivity index (χ2n) is 6.38. The van der Waals surface area contributed by atoms with Crippen molar-refractivity contribution >= 4 is 17.5 Å². The molecular formula is C16H24N4O2. The van der Waals surface area contributed by atoms with E-state index in [1.807, 2.05) is 19.9 Å². The van der Waals surface area contributed by atoms with Gasteiger partial charge in [-0.1, -0.05) is 13.8 Å². The van der Waals surface area contributed by atoms with Crippen LogP contribution in [0.25, 0.3) is 0 Å². The van der Waals surface area contributed by atoms with Crippen LogP contribution < -0.4 is 15.4 Å². The molecule has 22 heavy (non-hydrogen) atoms. The molecule has 0 radical (unpaired) electrons. The number of amides is 1. The highest BCUT2D eigenvalue weighted by Crippen LogP contribution is 2.34. The summed E-state index contributed by atoms with van der Waals surface area (Å²) < 4.78 is 5.84. The molecule has 6 heteroatoms. The summed E-state index contributed by atoms with van der Waals surface area (Å²) in [5, 5.41) is 0. The van der Waals surface area contributed by atoms with E-state index in [0.717, 1.165) is 19.6 Å². The van der Waals surface area contributed by atoms with Gasteiger partial charge in [-0.3, -0.25) is 9.69 Å². The van der Waals surface area contributed by atoms with E-state index in [2.05, 4.69) is 9.88 Å². The van der Waals surface area contributed by atoms with Crippen LogP contribution in [0.1, 0.15) is 26.7 Å². The number of rotatable bonds is 4. The molecule has 0 aliphatic carbocycles. The number of nitrogens with zero attached hydrogens (tertiary/aromatic N) is 3. The van der Waals surface area contributed by atoms with E-state index in [9.17, 15) is 4.79 Å². The normalized spacial score (nSPS) is 22.0. The third-order valence-electron chi connectivity index (χ3n) is 4.32. The molecule has 0 spiro atoms. The Bertz CT molecular complexity index is 555. The minimum absolute atomic E-state index is 0.0141. The Hall–Kier alpha value is -1.82. The maximum absolute atomic E-state index is 12.7. The van der Waals surface area contributed by atoms with Gasteiger partial charge in [0.05, 0.1) is 0 Å². The summed E-state index contributed by atoms with van der Waals surface area (Å²) >= 11 is 0. The Morgan fingerprint density at radius 2 is 2.05 bits per heavy atom. The lowest BCUT2D eigenvalue weighted by atomic mass is 10.0. The quantitative estimate of drug-likeness (QED) is 0.913. The fraction of sp³-hybridized carbons (Fsp3) is 0.625. The molecule has 3 heterocycles. The van der Waals surface area contributed by atoms with Crippen LogP contribution in [0.2, 0.25) is 0 Å². The topological polar surface area (TPSA) is 71.7 Å². The molecule has 1 amide bonds. The van der Waals surface area contributed by atoms with E-state index in [1.54, 1.807) is 11.0 Å². The molecule has 2 aliphatic rings. The van der Waals surface area contributed by atoms with Gasteiger partial charge in [-0.05, 0) is 44.0 Å². The predicted molar refractivity (Wildman–Crippen MR) is 85.9 cm³/mol. The van der Waals surface area contributed by atoms with E-state index < -0.39 is 6.10 Å². The molecule has 1 fully saturated rings. The number of fused-ring (bicyclic) bond motifs is 1. The van der Waals surface area contributed by atoms with Crippen LogP contribution in [0.3, 0.4) is 0 Å². The zero-order chi connectivity index (χ0) is 15.7. The highest BCUT2D eigenvalue weighted by molar-refractivity contribution is 5.99. The number of hydrogen-bond donors (Lipinski definition) is 1. The van der Waals surface area contributed by atoms with Crippen molar-refractivity contribution in [1.82, 2.24) is 9.88 Å². The van der Waals surface area contributed by atoms with Gasteiger partial charge in [0.1, 0.15) is 5.82 Å². The third-order valence-corrected chi connectivity index (χ3v) is 4.32. The number of hydrogen-bond acceptors (Lipinski definition) is 5. The third kappa shape index (κ3) is 2.88. The first-order chi connectivity index (χ1) is 10.6. The lowest BCUT2D eigenvalue weighted by Gasteiger charge is -2.35. The zero-order valence-corrected chi connectivity index (χ0v) is 13.3. The van der Waals surface area contributed by atoms with Gasteiger partial charge in [0.25, 0.3) is 5.91 Å². The van der Waals surface area contributed by atoms with Gasteiger partial charge in [-0.15, -0.1) is 0 Å². The number of pyridine rings is 1. The Morgan fingerprint density at radius 3 is 2.73 bits per heavy atom. The first-order valence-corrected chi connectivity index (χ1v) is 8.03. The molecule has 1 unspecified atom stereocenters.